The van der Waals surface area contributed by atoms with Gasteiger partial charge in [0.15, 0.2) is 0 Å². The van der Waals surface area contributed by atoms with Crippen LogP contribution in [0.25, 0.3) is 0 Å². The molecule has 0 aliphatic carbocycles. The Morgan fingerprint density at radius 3 is 2.29 bits per heavy atom. The van der Waals surface area contributed by atoms with Crippen LogP contribution in [0.15, 0.2) is 17.0 Å². The quantitative estimate of drug-likeness (QED) is 0.841. The highest BCUT2D eigenvalue weighted by Gasteiger charge is 2.21. The molecule has 0 aromatic heterocycles. The third-order valence-electron chi connectivity index (χ3n) is 2.63. The van der Waals surface area contributed by atoms with Crippen molar-refractivity contribution in [3.8, 4) is 0 Å². The van der Waals surface area contributed by atoms with E-state index in [9.17, 15) is 13.2 Å². The highest BCUT2D eigenvalue weighted by Crippen LogP contribution is 2.28. The molecule has 2 N–H and O–H groups in total. The molecule has 0 amide bonds. The zero-order valence-corrected chi connectivity index (χ0v) is 14.3. The first kappa shape index (κ1) is 18.2. The lowest BCUT2D eigenvalue weighted by Crippen LogP contribution is -2.16. The van der Waals surface area contributed by atoms with Gasteiger partial charge < -0.3 is 4.74 Å². The largest absolute Gasteiger partial charge is 0.462 e. The maximum atomic E-state index is 12.0. The summed E-state index contributed by atoms with van der Waals surface area (Å²) < 4.78 is 27.9. The number of carbonyl (C=O) groups excluding carboxylic acids is 1. The summed E-state index contributed by atoms with van der Waals surface area (Å²) in [6.45, 7) is 6.23. The lowest BCUT2D eigenvalue weighted by atomic mass is 9.93. The summed E-state index contributed by atoms with van der Waals surface area (Å²) in [5.74, 6) is -0.717. The molecule has 5 nitrogen and oxygen atoms in total. The molecule has 118 valence electrons. The van der Waals surface area contributed by atoms with E-state index in [4.69, 9.17) is 33.1 Å². The Morgan fingerprint density at radius 1 is 1.24 bits per heavy atom. The van der Waals surface area contributed by atoms with Crippen molar-refractivity contribution in [2.75, 3.05) is 6.61 Å². The molecule has 0 radical (unpaired) electrons. The average molecular weight is 354 g/mol. The number of esters is 1. The van der Waals surface area contributed by atoms with Crippen LogP contribution in [0.4, 0.5) is 0 Å². The zero-order valence-electron chi connectivity index (χ0n) is 11.9. The van der Waals surface area contributed by atoms with E-state index in [1.807, 2.05) is 20.8 Å². The molecular weight excluding hydrogens is 337 g/mol. The molecule has 0 aliphatic rings. The lowest BCUT2D eigenvalue weighted by Gasteiger charge is -2.17. The summed E-state index contributed by atoms with van der Waals surface area (Å²) in [4.78, 5) is 11.6. The van der Waals surface area contributed by atoms with Gasteiger partial charge in [0.05, 0.1) is 22.2 Å². The molecule has 1 rings (SSSR count). The van der Waals surface area contributed by atoms with Crippen molar-refractivity contribution in [1.29, 1.82) is 0 Å². The van der Waals surface area contributed by atoms with Crippen LogP contribution in [-0.2, 0) is 14.8 Å². The molecule has 0 saturated carbocycles. The van der Waals surface area contributed by atoms with E-state index in [1.54, 1.807) is 0 Å². The van der Waals surface area contributed by atoms with Gasteiger partial charge in [-0.25, -0.2) is 18.4 Å². The standard InChI is InChI=1S/C13H17Cl2NO4S/c1-13(2,3)4-5-20-12(17)8-6-11(21(16,18)19)10(15)7-9(8)14/h6-7H,4-5H2,1-3H3,(H2,16,18,19). The molecule has 0 fully saturated rings. The molecule has 1 aromatic carbocycles. The Balaban J connectivity index is 3.00. The molecule has 0 unspecified atom stereocenters. The second kappa shape index (κ2) is 6.52. The maximum absolute atomic E-state index is 12.0. The topological polar surface area (TPSA) is 86.5 Å². The van der Waals surface area contributed by atoms with Crippen LogP contribution in [-0.4, -0.2) is 21.0 Å². The van der Waals surface area contributed by atoms with Gasteiger partial charge in [-0.05, 0) is 24.0 Å². The van der Waals surface area contributed by atoms with Crippen LogP contribution in [0, 0.1) is 5.41 Å². The second-order valence-electron chi connectivity index (χ2n) is 5.75. The van der Waals surface area contributed by atoms with Crippen molar-refractivity contribution < 1.29 is 17.9 Å². The van der Waals surface area contributed by atoms with Crippen LogP contribution in [0.2, 0.25) is 10.0 Å². The molecule has 0 atom stereocenters. The van der Waals surface area contributed by atoms with Crippen molar-refractivity contribution in [3.63, 3.8) is 0 Å². The summed E-state index contributed by atoms with van der Waals surface area (Å²) in [7, 11) is -4.05. The number of carbonyl (C=O) groups is 1. The number of ether oxygens (including phenoxy) is 1. The highest BCUT2D eigenvalue weighted by molar-refractivity contribution is 7.89. The van der Waals surface area contributed by atoms with Gasteiger partial charge in [-0.2, -0.15) is 0 Å². The molecule has 0 heterocycles. The third kappa shape index (κ3) is 5.47. The van der Waals surface area contributed by atoms with Crippen molar-refractivity contribution in [3.05, 3.63) is 27.7 Å². The Labute approximate surface area is 134 Å². The lowest BCUT2D eigenvalue weighted by molar-refractivity contribution is 0.0465. The monoisotopic (exact) mass is 353 g/mol. The van der Waals surface area contributed by atoms with Gasteiger partial charge in [-0.3, -0.25) is 0 Å². The number of hydrogen-bond acceptors (Lipinski definition) is 4. The predicted octanol–water partition coefficient (Wildman–Crippen LogP) is 3.23. The fraction of sp³-hybridized carbons (Fsp3) is 0.462. The van der Waals surface area contributed by atoms with E-state index < -0.39 is 16.0 Å². The zero-order chi connectivity index (χ0) is 16.4. The minimum absolute atomic E-state index is 0.00755. The van der Waals surface area contributed by atoms with Crippen molar-refractivity contribution >= 4 is 39.2 Å². The Bertz CT molecular complexity index is 651. The number of benzene rings is 1. The van der Waals surface area contributed by atoms with E-state index in [0.717, 1.165) is 12.1 Å². The van der Waals surface area contributed by atoms with E-state index in [1.165, 1.54) is 0 Å². The summed E-state index contributed by atoms with van der Waals surface area (Å²) >= 11 is 11.7. The molecule has 21 heavy (non-hydrogen) atoms. The molecule has 0 bridgehead atoms. The SMILES string of the molecule is CC(C)(C)CCOC(=O)c1cc(S(N)(=O)=O)c(Cl)cc1Cl. The van der Waals surface area contributed by atoms with Crippen molar-refractivity contribution in [2.24, 2.45) is 10.6 Å². The third-order valence-corrected chi connectivity index (χ3v) is 4.32. The van der Waals surface area contributed by atoms with E-state index in [-0.39, 0.29) is 32.5 Å². The Kier molecular flexibility index (Phi) is 5.66. The van der Waals surface area contributed by atoms with Crippen molar-refractivity contribution in [1.82, 2.24) is 0 Å². The summed E-state index contributed by atoms with van der Waals surface area (Å²) in [6, 6.07) is 2.18. The number of sulfonamides is 1. The number of hydrogen-bond donors (Lipinski definition) is 1. The fourth-order valence-electron chi connectivity index (χ4n) is 1.43. The molecule has 0 saturated heterocycles. The number of rotatable bonds is 4. The van der Waals surface area contributed by atoms with E-state index in [0.29, 0.717) is 6.42 Å². The van der Waals surface area contributed by atoms with Gasteiger partial charge in [-0.1, -0.05) is 44.0 Å². The Hall–Kier alpha value is -0.820. The minimum Gasteiger partial charge on any atom is -0.462 e. The van der Waals surface area contributed by atoms with Crippen molar-refractivity contribution in [2.45, 2.75) is 32.1 Å². The van der Waals surface area contributed by atoms with E-state index >= 15 is 0 Å². The highest BCUT2D eigenvalue weighted by atomic mass is 35.5. The summed E-state index contributed by atoms with van der Waals surface area (Å²) in [5.41, 5.74) is -0.0745. The van der Waals surface area contributed by atoms with Crippen LogP contribution in [0.1, 0.15) is 37.6 Å². The molecule has 1 aromatic rings. The molecule has 0 spiro atoms. The van der Waals surface area contributed by atoms with Crippen LogP contribution < -0.4 is 5.14 Å². The normalized spacial score (nSPS) is 12.3. The summed E-state index contributed by atoms with van der Waals surface area (Å²) in [5, 5.41) is 4.89. The van der Waals surface area contributed by atoms with Gasteiger partial charge in [0.1, 0.15) is 4.90 Å². The van der Waals surface area contributed by atoms with Gasteiger partial charge in [0, 0.05) is 0 Å². The first-order valence-electron chi connectivity index (χ1n) is 6.11. The fourth-order valence-corrected chi connectivity index (χ4v) is 2.83. The average Bonchev–Trinajstić information content (AvgIpc) is 2.24. The summed E-state index contributed by atoms with van der Waals surface area (Å²) in [6.07, 6.45) is 0.659. The number of nitrogens with two attached hydrogens (primary N) is 1. The molecule has 8 heteroatoms. The molecular formula is C13H17Cl2NO4S. The van der Waals surface area contributed by atoms with Gasteiger partial charge in [-0.15, -0.1) is 0 Å². The van der Waals surface area contributed by atoms with E-state index in [2.05, 4.69) is 0 Å². The first-order valence-corrected chi connectivity index (χ1v) is 8.41. The van der Waals surface area contributed by atoms with Gasteiger partial charge in [0.25, 0.3) is 0 Å². The van der Waals surface area contributed by atoms with Crippen LogP contribution >= 0.6 is 23.2 Å². The van der Waals surface area contributed by atoms with Gasteiger partial charge in [0.2, 0.25) is 10.0 Å². The van der Waals surface area contributed by atoms with Gasteiger partial charge >= 0.3 is 5.97 Å². The Morgan fingerprint density at radius 2 is 1.81 bits per heavy atom. The second-order valence-corrected chi connectivity index (χ2v) is 8.10. The van der Waals surface area contributed by atoms with Crippen LogP contribution in [0.3, 0.4) is 0 Å². The number of halogens is 2. The smallest absolute Gasteiger partial charge is 0.339 e. The number of primary sulfonamides is 1. The maximum Gasteiger partial charge on any atom is 0.339 e. The minimum atomic E-state index is -4.05. The van der Waals surface area contributed by atoms with Crippen LogP contribution in [0.5, 0.6) is 0 Å². The molecule has 0 aliphatic heterocycles. The predicted molar refractivity (Wildman–Crippen MR) is 82.2 cm³/mol. The first-order chi connectivity index (χ1) is 9.42.